The molecular weight excluding hydrogens is 456 g/mol. The molecule has 0 saturated carbocycles. The van der Waals surface area contributed by atoms with Crippen LogP contribution in [0.25, 0.3) is 27.8 Å². The summed E-state index contributed by atoms with van der Waals surface area (Å²) >= 11 is 1.56. The standard InChI is InChI=1S/C24H18N4S.BrH/c1-2-10-20(11-3-1)23-27-24(26-17-18-8-7-15-25-16-18)29-28(23)22-14-6-12-19-9-4-5-13-21(19)22;/h1-16H,17H2;1H. The third kappa shape index (κ3) is 4.10. The van der Waals surface area contributed by atoms with E-state index in [-0.39, 0.29) is 17.0 Å². The van der Waals surface area contributed by atoms with Crippen molar-refractivity contribution in [1.82, 2.24) is 13.9 Å². The van der Waals surface area contributed by atoms with Gasteiger partial charge in [0.15, 0.2) is 5.82 Å². The van der Waals surface area contributed by atoms with Gasteiger partial charge in [0.25, 0.3) is 0 Å². The number of benzene rings is 3. The van der Waals surface area contributed by atoms with Crippen LogP contribution in [0.5, 0.6) is 0 Å². The Balaban J connectivity index is 0.00000218. The van der Waals surface area contributed by atoms with Crippen molar-refractivity contribution in [3.63, 3.8) is 0 Å². The van der Waals surface area contributed by atoms with E-state index in [2.05, 4.69) is 63.5 Å². The van der Waals surface area contributed by atoms with Gasteiger partial charge in [0.1, 0.15) is 0 Å². The second-order valence-corrected chi connectivity index (χ2v) is 7.56. The van der Waals surface area contributed by atoms with Crippen molar-refractivity contribution in [3.8, 4) is 17.1 Å². The van der Waals surface area contributed by atoms with E-state index in [1.165, 1.54) is 10.8 Å². The molecule has 0 radical (unpaired) electrons. The Kier molecular flexibility index (Phi) is 6.16. The van der Waals surface area contributed by atoms with Crippen LogP contribution in [0.3, 0.4) is 0 Å². The molecule has 2 aromatic heterocycles. The molecule has 2 heterocycles. The zero-order valence-corrected chi connectivity index (χ0v) is 18.6. The van der Waals surface area contributed by atoms with Crippen molar-refractivity contribution in [3.05, 3.63) is 108 Å². The minimum atomic E-state index is 0. The fourth-order valence-electron chi connectivity index (χ4n) is 3.31. The number of pyridine rings is 1. The Morgan fingerprint density at radius 2 is 1.63 bits per heavy atom. The predicted molar refractivity (Wildman–Crippen MR) is 128 cm³/mol. The Morgan fingerprint density at radius 1 is 0.833 bits per heavy atom. The van der Waals surface area contributed by atoms with Crippen molar-refractivity contribution in [2.45, 2.75) is 6.54 Å². The molecule has 5 aromatic rings. The summed E-state index contributed by atoms with van der Waals surface area (Å²) in [6, 6.07) is 29.0. The number of fused-ring (bicyclic) bond motifs is 1. The number of hydrogen-bond donors (Lipinski definition) is 0. The molecule has 148 valence electrons. The van der Waals surface area contributed by atoms with Crippen LogP contribution in [0.1, 0.15) is 5.56 Å². The van der Waals surface area contributed by atoms with Crippen molar-refractivity contribution in [1.29, 1.82) is 0 Å². The molecule has 0 saturated heterocycles. The highest BCUT2D eigenvalue weighted by Crippen LogP contribution is 2.27. The quantitative estimate of drug-likeness (QED) is 0.328. The summed E-state index contributed by atoms with van der Waals surface area (Å²) in [4.78, 5) is 14.5. The molecule has 0 N–H and O–H groups in total. The maximum atomic E-state index is 4.87. The highest BCUT2D eigenvalue weighted by molar-refractivity contribution is 8.93. The lowest BCUT2D eigenvalue weighted by Crippen LogP contribution is -1.99. The van der Waals surface area contributed by atoms with E-state index in [9.17, 15) is 0 Å². The van der Waals surface area contributed by atoms with E-state index in [0.717, 1.165) is 27.4 Å². The summed E-state index contributed by atoms with van der Waals surface area (Å²) in [5.41, 5.74) is 3.25. The van der Waals surface area contributed by atoms with Crippen LogP contribution in [-0.4, -0.2) is 13.9 Å². The van der Waals surface area contributed by atoms with Gasteiger partial charge < -0.3 is 0 Å². The number of halogens is 1. The van der Waals surface area contributed by atoms with Gasteiger partial charge in [-0.25, -0.2) is 3.96 Å². The molecule has 5 rings (SSSR count). The zero-order chi connectivity index (χ0) is 19.5. The predicted octanol–water partition coefficient (Wildman–Crippen LogP) is 5.83. The molecule has 0 aliphatic rings. The highest BCUT2D eigenvalue weighted by Gasteiger charge is 2.13. The van der Waals surface area contributed by atoms with Crippen LogP contribution < -0.4 is 4.80 Å². The second kappa shape index (κ2) is 9.15. The van der Waals surface area contributed by atoms with Crippen LogP contribution in [0, 0.1) is 0 Å². The number of rotatable bonds is 4. The van der Waals surface area contributed by atoms with E-state index in [1.54, 1.807) is 17.7 Å². The Hall–Kier alpha value is -3.09. The van der Waals surface area contributed by atoms with E-state index in [1.807, 2.05) is 36.5 Å². The van der Waals surface area contributed by atoms with Gasteiger partial charge in [-0.2, -0.15) is 4.98 Å². The lowest BCUT2D eigenvalue weighted by molar-refractivity contribution is 0.980. The van der Waals surface area contributed by atoms with E-state index in [0.29, 0.717) is 6.54 Å². The molecule has 3 aromatic carbocycles. The highest BCUT2D eigenvalue weighted by atomic mass is 79.9. The van der Waals surface area contributed by atoms with Gasteiger partial charge in [-0.1, -0.05) is 72.8 Å². The fourth-order valence-corrected chi connectivity index (χ4v) is 4.22. The van der Waals surface area contributed by atoms with E-state index < -0.39 is 0 Å². The summed E-state index contributed by atoms with van der Waals surface area (Å²) in [5.74, 6) is 0.900. The van der Waals surface area contributed by atoms with Crippen LogP contribution in [0.4, 0.5) is 0 Å². The monoisotopic (exact) mass is 474 g/mol. The van der Waals surface area contributed by atoms with Gasteiger partial charge in [0.2, 0.25) is 4.80 Å². The first-order chi connectivity index (χ1) is 14.4. The maximum absolute atomic E-state index is 4.87. The molecule has 30 heavy (non-hydrogen) atoms. The van der Waals surface area contributed by atoms with Crippen molar-refractivity contribution in [2.75, 3.05) is 0 Å². The lowest BCUT2D eigenvalue weighted by atomic mass is 10.1. The molecule has 0 spiro atoms. The normalized spacial score (nSPS) is 11.4. The lowest BCUT2D eigenvalue weighted by Gasteiger charge is -2.09. The van der Waals surface area contributed by atoms with Gasteiger partial charge >= 0.3 is 0 Å². The second-order valence-electron chi connectivity index (χ2n) is 6.65. The summed E-state index contributed by atoms with van der Waals surface area (Å²) in [5, 5.41) is 2.40. The summed E-state index contributed by atoms with van der Waals surface area (Å²) in [6.07, 6.45) is 3.61. The van der Waals surface area contributed by atoms with Gasteiger partial charge in [0, 0.05) is 23.3 Å². The third-order valence-corrected chi connectivity index (χ3v) is 5.64. The zero-order valence-electron chi connectivity index (χ0n) is 16.1. The van der Waals surface area contributed by atoms with Gasteiger partial charge in [-0.15, -0.1) is 17.0 Å². The first kappa shape index (κ1) is 20.2. The first-order valence-electron chi connectivity index (χ1n) is 9.42. The minimum Gasteiger partial charge on any atom is -0.264 e. The Bertz CT molecular complexity index is 1320. The van der Waals surface area contributed by atoms with Gasteiger partial charge in [0.05, 0.1) is 12.2 Å². The average Bonchev–Trinajstić information content (AvgIpc) is 3.23. The van der Waals surface area contributed by atoms with E-state index in [4.69, 9.17) is 9.98 Å². The summed E-state index contributed by atoms with van der Waals surface area (Å²) < 4.78 is 2.18. The largest absolute Gasteiger partial charge is 0.264 e. The first-order valence-corrected chi connectivity index (χ1v) is 10.2. The fraction of sp³-hybridized carbons (Fsp3) is 0.0417. The minimum absolute atomic E-state index is 0. The maximum Gasteiger partial charge on any atom is 0.223 e. The topological polar surface area (TPSA) is 43.1 Å². The summed E-state index contributed by atoms with van der Waals surface area (Å²) in [6.45, 7) is 0.561. The van der Waals surface area contributed by atoms with Gasteiger partial charge in [-0.05, 0) is 34.6 Å². The molecule has 0 bridgehead atoms. The average molecular weight is 475 g/mol. The Morgan fingerprint density at radius 3 is 2.47 bits per heavy atom. The third-order valence-electron chi connectivity index (χ3n) is 4.70. The molecule has 6 heteroatoms. The van der Waals surface area contributed by atoms with Crippen LogP contribution in [0.15, 0.2) is 102 Å². The number of hydrogen-bond acceptors (Lipinski definition) is 4. The van der Waals surface area contributed by atoms with Crippen molar-refractivity contribution in [2.24, 2.45) is 4.99 Å². The number of aromatic nitrogens is 3. The summed E-state index contributed by atoms with van der Waals surface area (Å²) in [7, 11) is 0. The van der Waals surface area contributed by atoms with E-state index >= 15 is 0 Å². The van der Waals surface area contributed by atoms with Crippen LogP contribution >= 0.6 is 28.5 Å². The molecule has 0 unspecified atom stereocenters. The van der Waals surface area contributed by atoms with Crippen molar-refractivity contribution < 1.29 is 0 Å². The van der Waals surface area contributed by atoms with Crippen LogP contribution in [0.2, 0.25) is 0 Å². The van der Waals surface area contributed by atoms with Crippen molar-refractivity contribution >= 4 is 39.3 Å². The molecule has 0 aliphatic carbocycles. The SMILES string of the molecule is Br.c1ccc(-c2nc(=NCc3cccnc3)sn2-c2cccc3ccccc23)cc1. The molecule has 0 amide bonds. The molecular formula is C24H19BrN4S. The van der Waals surface area contributed by atoms with Crippen LogP contribution in [-0.2, 0) is 6.54 Å². The molecule has 0 aliphatic heterocycles. The smallest absolute Gasteiger partial charge is 0.223 e. The number of nitrogens with zero attached hydrogens (tertiary/aromatic N) is 4. The molecule has 0 atom stereocenters. The molecule has 0 fully saturated rings. The van der Waals surface area contributed by atoms with Gasteiger partial charge in [-0.3, -0.25) is 9.98 Å². The molecule has 4 nitrogen and oxygen atoms in total. The Labute approximate surface area is 189 Å².